The van der Waals surface area contributed by atoms with Gasteiger partial charge in [0.1, 0.15) is 30.7 Å². The first-order valence-electron chi connectivity index (χ1n) is 10.7. The van der Waals surface area contributed by atoms with Crippen LogP contribution in [0.3, 0.4) is 0 Å². The number of amides is 3. The summed E-state index contributed by atoms with van der Waals surface area (Å²) in [7, 11) is 0. The summed E-state index contributed by atoms with van der Waals surface area (Å²) < 4.78 is 1.78. The Morgan fingerprint density at radius 3 is 2.50 bits per heavy atom. The van der Waals surface area contributed by atoms with Gasteiger partial charge < -0.3 is 14.5 Å². The number of imide groups is 1. The minimum Gasteiger partial charge on any atom is -0.460 e. The Morgan fingerprint density at radius 2 is 1.92 bits per heavy atom. The van der Waals surface area contributed by atoms with E-state index in [0.29, 0.717) is 5.56 Å². The van der Waals surface area contributed by atoms with Crippen molar-refractivity contribution in [1.29, 1.82) is 0 Å². The predicted molar refractivity (Wildman–Crippen MR) is 129 cm³/mol. The van der Waals surface area contributed by atoms with Crippen LogP contribution in [0, 0.1) is 10.1 Å². The van der Waals surface area contributed by atoms with Gasteiger partial charge in [-0.3, -0.25) is 19.3 Å². The molecule has 0 aromatic heterocycles. The SMILES string of the molecule is CC(C)c1cccc2c1C(=O)N(C1C(=O)N3C(C(=O)OCC(Cl)(Cl)Cl)[C@](C)(CO[N+](=O)[O-])S[C@@H]13)C2=O. The fraction of sp³-hybridized carbons (Fsp3) is 0.524. The minimum atomic E-state index is -1.93. The molecule has 0 N–H and O–H groups in total. The lowest BCUT2D eigenvalue weighted by Crippen LogP contribution is -2.71. The predicted octanol–water partition coefficient (Wildman–Crippen LogP) is 2.94. The maximum absolute atomic E-state index is 13.4. The Labute approximate surface area is 224 Å². The molecule has 0 bridgehead atoms. The van der Waals surface area contributed by atoms with E-state index in [4.69, 9.17) is 39.5 Å². The topological polar surface area (TPSA) is 136 Å². The quantitative estimate of drug-likeness (QED) is 0.119. The van der Waals surface area contributed by atoms with E-state index in [-0.39, 0.29) is 17.0 Å². The molecule has 3 aliphatic heterocycles. The minimum absolute atomic E-state index is 0.0502. The Hall–Kier alpha value is -2.28. The highest BCUT2D eigenvalue weighted by molar-refractivity contribution is 8.01. The molecule has 3 heterocycles. The zero-order valence-corrected chi connectivity index (χ0v) is 22.2. The van der Waals surface area contributed by atoms with Gasteiger partial charge in [-0.15, -0.1) is 21.9 Å². The molecule has 36 heavy (non-hydrogen) atoms. The molecule has 3 amide bonds. The van der Waals surface area contributed by atoms with E-state index in [9.17, 15) is 29.3 Å². The summed E-state index contributed by atoms with van der Waals surface area (Å²) in [5, 5.41) is 8.98. The van der Waals surface area contributed by atoms with Crippen molar-refractivity contribution in [2.75, 3.05) is 13.2 Å². The van der Waals surface area contributed by atoms with Gasteiger partial charge in [0.05, 0.1) is 15.9 Å². The highest BCUT2D eigenvalue weighted by atomic mass is 35.6. The number of thioether (sulfide) groups is 1. The van der Waals surface area contributed by atoms with Crippen molar-refractivity contribution in [3.8, 4) is 0 Å². The molecule has 4 atom stereocenters. The van der Waals surface area contributed by atoms with Crippen LogP contribution in [0.1, 0.15) is 53.0 Å². The molecule has 15 heteroatoms. The number of rotatable bonds is 7. The molecular weight excluding hydrogens is 561 g/mol. The number of hydrogen-bond donors (Lipinski definition) is 0. The van der Waals surface area contributed by atoms with Crippen LogP contribution in [0.15, 0.2) is 18.2 Å². The van der Waals surface area contributed by atoms with Gasteiger partial charge in [-0.05, 0) is 24.5 Å². The third kappa shape index (κ3) is 4.37. The van der Waals surface area contributed by atoms with Gasteiger partial charge in [-0.25, -0.2) is 4.79 Å². The van der Waals surface area contributed by atoms with Gasteiger partial charge in [0.15, 0.2) is 0 Å². The third-order valence-electron chi connectivity index (χ3n) is 6.23. The van der Waals surface area contributed by atoms with Gasteiger partial charge in [-0.2, -0.15) is 0 Å². The van der Waals surface area contributed by atoms with Gasteiger partial charge in [0.25, 0.3) is 22.8 Å². The van der Waals surface area contributed by atoms with Crippen molar-refractivity contribution in [3.05, 3.63) is 45.0 Å². The average Bonchev–Trinajstić information content (AvgIpc) is 3.20. The Bertz CT molecular complexity index is 1180. The number of halogens is 3. The maximum atomic E-state index is 13.4. The smallest absolute Gasteiger partial charge is 0.330 e. The fourth-order valence-corrected chi connectivity index (χ4v) is 6.57. The molecule has 2 saturated heterocycles. The van der Waals surface area contributed by atoms with E-state index in [2.05, 4.69) is 4.84 Å². The lowest BCUT2D eigenvalue weighted by molar-refractivity contribution is -0.758. The molecule has 11 nitrogen and oxygen atoms in total. The number of nitrogens with zero attached hydrogens (tertiary/aromatic N) is 3. The van der Waals surface area contributed by atoms with Crippen molar-refractivity contribution in [3.63, 3.8) is 0 Å². The van der Waals surface area contributed by atoms with Crippen LogP contribution in [0.2, 0.25) is 0 Å². The highest BCUT2D eigenvalue weighted by Gasteiger charge is 2.69. The second kappa shape index (κ2) is 9.23. The number of hydrogen-bond acceptors (Lipinski definition) is 9. The summed E-state index contributed by atoms with van der Waals surface area (Å²) in [6.45, 7) is 4.03. The Morgan fingerprint density at radius 1 is 1.25 bits per heavy atom. The normalized spacial score (nSPS) is 27.2. The van der Waals surface area contributed by atoms with E-state index >= 15 is 0 Å². The average molecular weight is 581 g/mol. The summed E-state index contributed by atoms with van der Waals surface area (Å²) in [4.78, 5) is 70.4. The van der Waals surface area contributed by atoms with Crippen LogP contribution >= 0.6 is 46.6 Å². The van der Waals surface area contributed by atoms with Gasteiger partial charge in [-0.1, -0.05) is 60.8 Å². The first-order chi connectivity index (χ1) is 16.7. The van der Waals surface area contributed by atoms with Crippen molar-refractivity contribution < 1.29 is 33.8 Å². The standard InChI is InChI=1S/C21H20Cl3N3O8S/c1-9(2)10-5-4-6-11-12(10)16(29)25(15(11)28)13-17(30)26-14(19(31)34-8-21(22,23)24)20(3,36-18(13)26)7-35-27(32)33/h4-6,9,13-14,18H,7-8H2,1-3H3/t13?,14?,18-,20-/m0/s1. The summed E-state index contributed by atoms with van der Waals surface area (Å²) in [6.07, 6.45) is 0. The summed E-state index contributed by atoms with van der Waals surface area (Å²) in [6, 6.07) is 2.37. The highest BCUT2D eigenvalue weighted by Crippen LogP contribution is 2.53. The Kier molecular flexibility index (Phi) is 6.87. The van der Waals surface area contributed by atoms with Crippen LogP contribution in [-0.4, -0.2) is 77.8 Å². The number of carbonyl (C=O) groups excluding carboxylic acids is 4. The summed E-state index contributed by atoms with van der Waals surface area (Å²) in [5.41, 5.74) is 1.11. The van der Waals surface area contributed by atoms with Crippen LogP contribution in [0.5, 0.6) is 0 Å². The van der Waals surface area contributed by atoms with E-state index in [1.54, 1.807) is 12.1 Å². The fourth-order valence-electron chi connectivity index (χ4n) is 4.69. The molecule has 0 saturated carbocycles. The van der Waals surface area contributed by atoms with Crippen molar-refractivity contribution in [2.45, 2.75) is 52.7 Å². The van der Waals surface area contributed by atoms with Crippen LogP contribution in [-0.2, 0) is 19.2 Å². The van der Waals surface area contributed by atoms with E-state index in [1.165, 1.54) is 13.0 Å². The van der Waals surface area contributed by atoms with Crippen molar-refractivity contribution >= 4 is 70.3 Å². The van der Waals surface area contributed by atoms with E-state index < -0.39 is 68.0 Å². The Balaban J connectivity index is 1.65. The lowest BCUT2D eigenvalue weighted by Gasteiger charge is -2.46. The summed E-state index contributed by atoms with van der Waals surface area (Å²) >= 11 is 18.0. The maximum Gasteiger partial charge on any atom is 0.330 e. The zero-order valence-electron chi connectivity index (χ0n) is 19.1. The second-order valence-electron chi connectivity index (χ2n) is 9.04. The molecule has 3 aliphatic rings. The van der Waals surface area contributed by atoms with Crippen LogP contribution < -0.4 is 0 Å². The number of alkyl halides is 3. The molecular formula is C21H20Cl3N3O8S. The first kappa shape index (κ1) is 26.8. The number of esters is 1. The van der Waals surface area contributed by atoms with Gasteiger partial charge in [0.2, 0.25) is 3.79 Å². The van der Waals surface area contributed by atoms with Crippen LogP contribution in [0.25, 0.3) is 0 Å². The third-order valence-corrected chi connectivity index (χ3v) is 8.17. The monoisotopic (exact) mass is 579 g/mol. The molecule has 0 aliphatic carbocycles. The summed E-state index contributed by atoms with van der Waals surface area (Å²) in [5.74, 6) is -2.94. The molecule has 1 aromatic carbocycles. The van der Waals surface area contributed by atoms with E-state index in [1.807, 2.05) is 13.8 Å². The number of carbonyl (C=O) groups is 4. The lowest BCUT2D eigenvalue weighted by atomic mass is 9.94. The van der Waals surface area contributed by atoms with Crippen LogP contribution in [0.4, 0.5) is 0 Å². The second-order valence-corrected chi connectivity index (χ2v) is 13.2. The number of ether oxygens (including phenoxy) is 1. The first-order valence-corrected chi connectivity index (χ1v) is 12.7. The van der Waals surface area contributed by atoms with Gasteiger partial charge >= 0.3 is 5.97 Å². The largest absolute Gasteiger partial charge is 0.460 e. The molecule has 4 rings (SSSR count). The molecule has 2 fully saturated rings. The molecule has 0 spiro atoms. The molecule has 194 valence electrons. The number of benzene rings is 1. The van der Waals surface area contributed by atoms with E-state index in [0.717, 1.165) is 21.6 Å². The van der Waals surface area contributed by atoms with Crippen molar-refractivity contribution in [1.82, 2.24) is 9.80 Å². The number of fused-ring (bicyclic) bond motifs is 2. The molecule has 1 aromatic rings. The zero-order chi connectivity index (χ0) is 26.7. The molecule has 2 unspecified atom stereocenters. The van der Waals surface area contributed by atoms with Crippen molar-refractivity contribution in [2.24, 2.45) is 0 Å². The number of β-lactam (4-membered cyclic amide) rings is 1. The van der Waals surface area contributed by atoms with Gasteiger partial charge in [0, 0.05) is 0 Å². The molecule has 0 radical (unpaired) electrons.